The van der Waals surface area contributed by atoms with Gasteiger partial charge in [0.15, 0.2) is 0 Å². The number of hydrogen-bond acceptors (Lipinski definition) is 2. The van der Waals surface area contributed by atoms with Crippen molar-refractivity contribution in [1.82, 2.24) is 5.32 Å². The van der Waals surface area contributed by atoms with E-state index in [2.05, 4.69) is 11.4 Å². The van der Waals surface area contributed by atoms with Gasteiger partial charge >= 0.3 is 0 Å². The summed E-state index contributed by atoms with van der Waals surface area (Å²) in [5, 5.41) is 11.9. The van der Waals surface area contributed by atoms with E-state index in [0.29, 0.717) is 5.92 Å². The molecule has 1 aliphatic rings. The molecule has 15 heavy (non-hydrogen) atoms. The number of hydrogen-bond donors (Lipinski definition) is 1. The van der Waals surface area contributed by atoms with Crippen LogP contribution in [0.3, 0.4) is 0 Å². The first-order valence-electron chi connectivity index (χ1n) is 5.76. The zero-order chi connectivity index (χ0) is 11.4. The Hall–Kier alpha value is -1.04. The van der Waals surface area contributed by atoms with Gasteiger partial charge in [0.25, 0.3) is 0 Å². The third-order valence-electron chi connectivity index (χ3n) is 3.42. The quantitative estimate of drug-likeness (QED) is 0.772. The zero-order valence-electron chi connectivity index (χ0n) is 9.79. The molecule has 0 aromatic heterocycles. The first-order chi connectivity index (χ1) is 7.06. The van der Waals surface area contributed by atoms with Crippen LogP contribution in [-0.2, 0) is 4.79 Å². The molecule has 1 aliphatic carbocycles. The first kappa shape index (κ1) is 12.0. The summed E-state index contributed by atoms with van der Waals surface area (Å²) in [6, 6.07) is 2.36. The van der Waals surface area contributed by atoms with Gasteiger partial charge in [-0.1, -0.05) is 20.8 Å². The Labute approximate surface area is 91.9 Å². The molecule has 0 heterocycles. The van der Waals surface area contributed by atoms with E-state index in [0.717, 1.165) is 19.3 Å². The Balaban J connectivity index is 2.48. The predicted octanol–water partition coefficient (Wildman–Crippen LogP) is 2.09. The zero-order valence-corrected chi connectivity index (χ0v) is 9.79. The van der Waals surface area contributed by atoms with Crippen molar-refractivity contribution in [1.29, 1.82) is 5.26 Å². The normalized spacial score (nSPS) is 27.4. The summed E-state index contributed by atoms with van der Waals surface area (Å²) >= 11 is 0. The summed E-state index contributed by atoms with van der Waals surface area (Å²) in [6.45, 7) is 6.03. The molecule has 0 aromatic carbocycles. The summed E-state index contributed by atoms with van der Waals surface area (Å²) in [5.41, 5.74) is 0. The second-order valence-corrected chi connectivity index (χ2v) is 4.81. The number of amides is 1. The number of nitriles is 1. The fraction of sp³-hybridized carbons (Fsp3) is 0.833. The van der Waals surface area contributed by atoms with E-state index < -0.39 is 0 Å². The minimum atomic E-state index is 0.0216. The van der Waals surface area contributed by atoms with Crippen molar-refractivity contribution in [3.8, 4) is 6.07 Å². The molecule has 0 bridgehead atoms. The van der Waals surface area contributed by atoms with E-state index in [9.17, 15) is 4.79 Å². The molecule has 1 fully saturated rings. The number of carbonyl (C=O) groups is 1. The molecule has 0 saturated heterocycles. The van der Waals surface area contributed by atoms with E-state index in [-0.39, 0.29) is 23.8 Å². The highest BCUT2D eigenvalue weighted by molar-refractivity contribution is 5.78. The predicted molar refractivity (Wildman–Crippen MR) is 58.9 cm³/mol. The lowest BCUT2D eigenvalue weighted by atomic mass is 9.96. The Morgan fingerprint density at radius 3 is 2.60 bits per heavy atom. The Morgan fingerprint density at radius 1 is 1.40 bits per heavy atom. The SMILES string of the molecule is CC(C)C(C)C(=O)NC1CCCC1C#N. The van der Waals surface area contributed by atoms with Crippen molar-refractivity contribution in [3.63, 3.8) is 0 Å². The summed E-state index contributed by atoms with van der Waals surface area (Å²) in [6.07, 6.45) is 2.94. The van der Waals surface area contributed by atoms with Crippen molar-refractivity contribution < 1.29 is 4.79 Å². The second-order valence-electron chi connectivity index (χ2n) is 4.81. The molecule has 1 saturated carbocycles. The van der Waals surface area contributed by atoms with E-state index >= 15 is 0 Å². The molecule has 3 nitrogen and oxygen atoms in total. The fourth-order valence-corrected chi connectivity index (χ4v) is 1.90. The van der Waals surface area contributed by atoms with Crippen LogP contribution >= 0.6 is 0 Å². The highest BCUT2D eigenvalue weighted by atomic mass is 16.1. The molecule has 0 aliphatic heterocycles. The molecular weight excluding hydrogens is 188 g/mol. The van der Waals surface area contributed by atoms with Crippen LogP contribution in [0.15, 0.2) is 0 Å². The van der Waals surface area contributed by atoms with Gasteiger partial charge in [0.05, 0.1) is 12.0 Å². The maximum atomic E-state index is 11.8. The van der Waals surface area contributed by atoms with Gasteiger partial charge in [-0.15, -0.1) is 0 Å². The van der Waals surface area contributed by atoms with Crippen LogP contribution in [0.25, 0.3) is 0 Å². The molecule has 3 unspecified atom stereocenters. The Bertz CT molecular complexity index is 267. The fourth-order valence-electron chi connectivity index (χ4n) is 1.90. The first-order valence-corrected chi connectivity index (χ1v) is 5.76. The van der Waals surface area contributed by atoms with Crippen LogP contribution in [0.2, 0.25) is 0 Å². The van der Waals surface area contributed by atoms with Gasteiger partial charge in [-0.05, 0) is 25.2 Å². The highest BCUT2D eigenvalue weighted by Gasteiger charge is 2.29. The molecule has 1 amide bonds. The summed E-state index contributed by atoms with van der Waals surface area (Å²) < 4.78 is 0. The number of nitrogens with one attached hydrogen (secondary N) is 1. The average molecular weight is 208 g/mol. The van der Waals surface area contributed by atoms with Gasteiger partial charge in [0, 0.05) is 12.0 Å². The van der Waals surface area contributed by atoms with Crippen molar-refractivity contribution in [2.75, 3.05) is 0 Å². The lowest BCUT2D eigenvalue weighted by Crippen LogP contribution is -2.41. The van der Waals surface area contributed by atoms with Crippen molar-refractivity contribution >= 4 is 5.91 Å². The van der Waals surface area contributed by atoms with Gasteiger partial charge in [-0.3, -0.25) is 4.79 Å². The number of carbonyl (C=O) groups excluding carboxylic acids is 1. The van der Waals surface area contributed by atoms with Gasteiger partial charge in [-0.25, -0.2) is 0 Å². The van der Waals surface area contributed by atoms with Crippen molar-refractivity contribution in [2.24, 2.45) is 17.8 Å². The molecule has 3 atom stereocenters. The monoisotopic (exact) mass is 208 g/mol. The maximum Gasteiger partial charge on any atom is 0.223 e. The van der Waals surface area contributed by atoms with Gasteiger partial charge < -0.3 is 5.32 Å². The number of rotatable bonds is 3. The van der Waals surface area contributed by atoms with Crippen LogP contribution in [-0.4, -0.2) is 11.9 Å². The Kier molecular flexibility index (Phi) is 4.14. The molecular formula is C12H20N2O. The van der Waals surface area contributed by atoms with Gasteiger partial charge in [0.1, 0.15) is 0 Å². The molecule has 1 rings (SSSR count). The van der Waals surface area contributed by atoms with Crippen LogP contribution in [0.1, 0.15) is 40.0 Å². The van der Waals surface area contributed by atoms with Crippen LogP contribution in [0.5, 0.6) is 0 Å². The molecule has 0 aromatic rings. The summed E-state index contributed by atoms with van der Waals surface area (Å²) in [4.78, 5) is 11.8. The molecule has 0 radical (unpaired) electrons. The van der Waals surface area contributed by atoms with Gasteiger partial charge in [-0.2, -0.15) is 5.26 Å². The molecule has 0 spiro atoms. The smallest absolute Gasteiger partial charge is 0.223 e. The Morgan fingerprint density at radius 2 is 2.07 bits per heavy atom. The topological polar surface area (TPSA) is 52.9 Å². The number of nitrogens with zero attached hydrogens (tertiary/aromatic N) is 1. The summed E-state index contributed by atoms with van der Waals surface area (Å²) in [5.74, 6) is 0.502. The van der Waals surface area contributed by atoms with Crippen LogP contribution < -0.4 is 5.32 Å². The van der Waals surface area contributed by atoms with Crippen LogP contribution in [0, 0.1) is 29.1 Å². The van der Waals surface area contributed by atoms with E-state index in [1.54, 1.807) is 0 Å². The van der Waals surface area contributed by atoms with E-state index in [1.165, 1.54) is 0 Å². The minimum Gasteiger partial charge on any atom is -0.352 e. The lowest BCUT2D eigenvalue weighted by Gasteiger charge is -2.20. The lowest BCUT2D eigenvalue weighted by molar-refractivity contribution is -0.126. The third kappa shape index (κ3) is 2.95. The van der Waals surface area contributed by atoms with Crippen molar-refractivity contribution in [3.05, 3.63) is 0 Å². The van der Waals surface area contributed by atoms with E-state index in [4.69, 9.17) is 5.26 Å². The molecule has 1 N–H and O–H groups in total. The summed E-state index contributed by atoms with van der Waals surface area (Å²) in [7, 11) is 0. The minimum absolute atomic E-state index is 0.0216. The van der Waals surface area contributed by atoms with Crippen molar-refractivity contribution in [2.45, 2.75) is 46.1 Å². The molecule has 84 valence electrons. The van der Waals surface area contributed by atoms with Gasteiger partial charge in [0.2, 0.25) is 5.91 Å². The maximum absolute atomic E-state index is 11.8. The van der Waals surface area contributed by atoms with Crippen LogP contribution in [0.4, 0.5) is 0 Å². The van der Waals surface area contributed by atoms with E-state index in [1.807, 2.05) is 20.8 Å². The highest BCUT2D eigenvalue weighted by Crippen LogP contribution is 2.25. The average Bonchev–Trinajstić information content (AvgIpc) is 2.63. The second kappa shape index (κ2) is 5.16. The third-order valence-corrected chi connectivity index (χ3v) is 3.42. The standard InChI is InChI=1S/C12H20N2O/c1-8(2)9(3)12(15)14-11-6-4-5-10(11)7-13/h8-11H,4-6H2,1-3H3,(H,14,15). The largest absolute Gasteiger partial charge is 0.352 e. The molecule has 3 heteroatoms.